The molecular formula is C45H82O5. The number of hydrogen-bond acceptors (Lipinski definition) is 5. The minimum atomic E-state index is -0.971. The minimum Gasteiger partial charge on any atom is -0.463 e. The van der Waals surface area contributed by atoms with Crippen molar-refractivity contribution in [2.24, 2.45) is 0 Å². The molecule has 292 valence electrons. The maximum absolute atomic E-state index is 12.0. The van der Waals surface area contributed by atoms with Crippen LogP contribution in [0.15, 0.2) is 36.5 Å². The molecule has 1 atom stereocenters. The van der Waals surface area contributed by atoms with Gasteiger partial charge in [-0.25, -0.2) is 0 Å². The van der Waals surface area contributed by atoms with E-state index in [9.17, 15) is 14.7 Å². The Hall–Kier alpha value is -1.88. The van der Waals surface area contributed by atoms with Crippen molar-refractivity contribution in [3.05, 3.63) is 36.5 Å². The molecule has 0 heterocycles. The fourth-order valence-corrected chi connectivity index (χ4v) is 6.09. The van der Waals surface area contributed by atoms with E-state index in [1.165, 1.54) is 128 Å². The van der Waals surface area contributed by atoms with Gasteiger partial charge in [-0.1, -0.05) is 192 Å². The third-order valence-corrected chi connectivity index (χ3v) is 9.38. The molecule has 0 radical (unpaired) electrons. The number of carbonyl (C=O) groups is 2. The Bertz CT molecular complexity index is 801. The van der Waals surface area contributed by atoms with E-state index in [1.54, 1.807) is 0 Å². The van der Waals surface area contributed by atoms with E-state index in [-0.39, 0.29) is 25.2 Å². The van der Waals surface area contributed by atoms with Crippen LogP contribution in [0.2, 0.25) is 0 Å². The molecule has 0 aromatic rings. The Morgan fingerprint density at radius 3 is 1.08 bits per heavy atom. The van der Waals surface area contributed by atoms with E-state index in [0.29, 0.717) is 12.8 Å². The first-order valence-corrected chi connectivity index (χ1v) is 21.5. The number of allylic oxidation sites excluding steroid dienone is 6. The van der Waals surface area contributed by atoms with E-state index in [2.05, 4.69) is 50.3 Å². The van der Waals surface area contributed by atoms with Gasteiger partial charge in [-0.2, -0.15) is 0 Å². The third-order valence-electron chi connectivity index (χ3n) is 9.38. The first kappa shape index (κ1) is 48.1. The summed E-state index contributed by atoms with van der Waals surface area (Å²) in [4.78, 5) is 24.0. The molecule has 5 heteroatoms. The smallest absolute Gasteiger partial charge is 0.305 e. The molecule has 0 saturated carbocycles. The number of aliphatic hydroxyl groups excluding tert-OH is 1. The molecule has 0 amide bonds. The number of esters is 2. The van der Waals surface area contributed by atoms with Crippen LogP contribution in [0.4, 0.5) is 0 Å². The van der Waals surface area contributed by atoms with Gasteiger partial charge in [-0.15, -0.1) is 0 Å². The standard InChI is InChI=1S/C45H82O5/c1-3-5-7-9-11-13-15-17-19-21-22-24-26-28-30-32-34-36-38-40-45(48)50-42-43(46)41-49-44(47)39-37-35-33-31-29-27-25-23-20-18-16-14-12-10-8-6-4-2/h12,14,18,20,25,27,43,46H,3-11,13,15-17,19,21-24,26,28-42H2,1-2H3/b14-12-,20-18-,27-25-/t43-/m0/s1. The molecular weight excluding hydrogens is 620 g/mol. The lowest BCUT2D eigenvalue weighted by Crippen LogP contribution is -2.25. The lowest BCUT2D eigenvalue weighted by Gasteiger charge is -2.12. The second-order valence-electron chi connectivity index (χ2n) is 14.5. The fourth-order valence-electron chi connectivity index (χ4n) is 6.09. The maximum atomic E-state index is 12.0. The lowest BCUT2D eigenvalue weighted by atomic mass is 10.0. The topological polar surface area (TPSA) is 72.8 Å². The van der Waals surface area contributed by atoms with Crippen molar-refractivity contribution in [3.8, 4) is 0 Å². The Balaban J connectivity index is 3.44. The van der Waals surface area contributed by atoms with E-state index in [4.69, 9.17) is 9.47 Å². The molecule has 0 aliphatic heterocycles. The van der Waals surface area contributed by atoms with Gasteiger partial charge in [0.05, 0.1) is 0 Å². The van der Waals surface area contributed by atoms with Gasteiger partial charge in [0.15, 0.2) is 0 Å². The molecule has 50 heavy (non-hydrogen) atoms. The molecule has 0 bridgehead atoms. The van der Waals surface area contributed by atoms with Crippen molar-refractivity contribution in [1.82, 2.24) is 0 Å². The summed E-state index contributed by atoms with van der Waals surface area (Å²) in [6.45, 7) is 4.27. The summed E-state index contributed by atoms with van der Waals surface area (Å²) in [6.07, 6.45) is 50.6. The molecule has 0 aliphatic rings. The number of hydrogen-bond donors (Lipinski definition) is 1. The van der Waals surface area contributed by atoms with Crippen molar-refractivity contribution in [3.63, 3.8) is 0 Å². The number of ether oxygens (including phenoxy) is 2. The molecule has 0 saturated heterocycles. The van der Waals surface area contributed by atoms with Gasteiger partial charge in [0, 0.05) is 12.8 Å². The first-order chi connectivity index (χ1) is 24.6. The number of rotatable bonds is 39. The van der Waals surface area contributed by atoms with Crippen LogP contribution in [0, 0.1) is 0 Å². The second-order valence-corrected chi connectivity index (χ2v) is 14.5. The van der Waals surface area contributed by atoms with Gasteiger partial charge < -0.3 is 14.6 Å². The number of carbonyl (C=O) groups excluding carboxylic acids is 2. The Morgan fingerprint density at radius 2 is 0.700 bits per heavy atom. The van der Waals surface area contributed by atoms with Crippen molar-refractivity contribution in [2.45, 2.75) is 225 Å². The molecule has 0 aromatic heterocycles. The molecule has 5 nitrogen and oxygen atoms in total. The van der Waals surface area contributed by atoms with Crippen molar-refractivity contribution < 1.29 is 24.2 Å². The van der Waals surface area contributed by atoms with Crippen LogP contribution in [0.5, 0.6) is 0 Å². The predicted molar refractivity (Wildman–Crippen MR) is 214 cm³/mol. The van der Waals surface area contributed by atoms with Crippen LogP contribution in [-0.2, 0) is 19.1 Å². The Labute approximate surface area is 310 Å². The summed E-state index contributed by atoms with van der Waals surface area (Å²) < 4.78 is 10.3. The molecule has 0 aromatic carbocycles. The Kier molecular flexibility index (Phi) is 40.0. The largest absolute Gasteiger partial charge is 0.463 e. The normalized spacial score (nSPS) is 12.5. The summed E-state index contributed by atoms with van der Waals surface area (Å²) in [6, 6.07) is 0. The fraction of sp³-hybridized carbons (Fsp3) is 0.822. The highest BCUT2D eigenvalue weighted by atomic mass is 16.6. The monoisotopic (exact) mass is 703 g/mol. The molecule has 0 unspecified atom stereocenters. The SMILES string of the molecule is CCCCC/C=C\C/C=C\C/C=C\CCCCCCC(=O)OC[C@H](O)COC(=O)CCCCCCCCCCCCCCCCCCCCC. The summed E-state index contributed by atoms with van der Waals surface area (Å²) >= 11 is 0. The van der Waals surface area contributed by atoms with Crippen LogP contribution in [0.3, 0.4) is 0 Å². The van der Waals surface area contributed by atoms with Gasteiger partial charge in [-0.3, -0.25) is 9.59 Å². The maximum Gasteiger partial charge on any atom is 0.305 e. The van der Waals surface area contributed by atoms with Crippen molar-refractivity contribution in [2.75, 3.05) is 13.2 Å². The van der Waals surface area contributed by atoms with Crippen LogP contribution in [0.25, 0.3) is 0 Å². The third kappa shape index (κ3) is 40.5. The number of unbranched alkanes of at least 4 members (excludes halogenated alkanes) is 25. The van der Waals surface area contributed by atoms with E-state index in [1.807, 2.05) is 0 Å². The van der Waals surface area contributed by atoms with Gasteiger partial charge in [0.25, 0.3) is 0 Å². The van der Waals surface area contributed by atoms with Crippen LogP contribution < -0.4 is 0 Å². The van der Waals surface area contributed by atoms with Gasteiger partial charge in [0.2, 0.25) is 0 Å². The van der Waals surface area contributed by atoms with Crippen molar-refractivity contribution in [1.29, 1.82) is 0 Å². The summed E-state index contributed by atoms with van der Waals surface area (Å²) in [5.41, 5.74) is 0. The highest BCUT2D eigenvalue weighted by molar-refractivity contribution is 5.69. The van der Waals surface area contributed by atoms with Crippen LogP contribution in [-0.4, -0.2) is 36.4 Å². The van der Waals surface area contributed by atoms with Crippen LogP contribution in [0.1, 0.15) is 219 Å². The zero-order valence-electron chi connectivity index (χ0n) is 33.2. The molecule has 0 aliphatic carbocycles. The average molecular weight is 703 g/mol. The summed E-state index contributed by atoms with van der Waals surface area (Å²) in [7, 11) is 0. The highest BCUT2D eigenvalue weighted by Gasteiger charge is 2.12. The summed E-state index contributed by atoms with van der Waals surface area (Å²) in [5.74, 6) is -0.582. The van der Waals surface area contributed by atoms with Crippen molar-refractivity contribution >= 4 is 11.9 Å². The summed E-state index contributed by atoms with van der Waals surface area (Å²) in [5, 5.41) is 10.0. The van der Waals surface area contributed by atoms with Crippen LogP contribution >= 0.6 is 0 Å². The molecule has 0 rings (SSSR count). The molecule has 0 fully saturated rings. The Morgan fingerprint density at radius 1 is 0.420 bits per heavy atom. The molecule has 0 spiro atoms. The second kappa shape index (κ2) is 41.5. The van der Waals surface area contributed by atoms with E-state index in [0.717, 1.165) is 64.2 Å². The minimum absolute atomic E-state index is 0.120. The van der Waals surface area contributed by atoms with Gasteiger partial charge >= 0.3 is 11.9 Å². The van der Waals surface area contributed by atoms with Gasteiger partial charge in [-0.05, 0) is 51.4 Å². The highest BCUT2D eigenvalue weighted by Crippen LogP contribution is 2.15. The number of aliphatic hydroxyl groups is 1. The predicted octanol–water partition coefficient (Wildman–Crippen LogP) is 13.6. The van der Waals surface area contributed by atoms with Gasteiger partial charge in [0.1, 0.15) is 19.3 Å². The molecule has 1 N–H and O–H groups in total. The van der Waals surface area contributed by atoms with E-state index < -0.39 is 6.10 Å². The zero-order valence-corrected chi connectivity index (χ0v) is 33.2. The zero-order chi connectivity index (χ0) is 36.4. The lowest BCUT2D eigenvalue weighted by molar-refractivity contribution is -0.152. The first-order valence-electron chi connectivity index (χ1n) is 21.5. The quantitative estimate of drug-likeness (QED) is 0.0392. The van der Waals surface area contributed by atoms with E-state index >= 15 is 0 Å². The average Bonchev–Trinajstić information content (AvgIpc) is 3.12.